The highest BCUT2D eigenvalue weighted by Gasteiger charge is 2.02. The van der Waals surface area contributed by atoms with E-state index in [1.54, 1.807) is 14.2 Å². The Morgan fingerprint density at radius 3 is 2.69 bits per heavy atom. The van der Waals surface area contributed by atoms with Crippen LogP contribution in [0.2, 0.25) is 0 Å². The highest BCUT2D eigenvalue weighted by Crippen LogP contribution is 2.22. The number of benzene rings is 1. The van der Waals surface area contributed by atoms with Crippen molar-refractivity contribution in [3.8, 4) is 5.75 Å². The third-order valence-corrected chi connectivity index (χ3v) is 2.53. The molecular formula is C11H17BrClNO2. The second kappa shape index (κ2) is 8.82. The Hall–Kier alpha value is -0.290. The zero-order valence-corrected chi connectivity index (χ0v) is 11.9. The molecule has 0 radical (unpaired) electrons. The summed E-state index contributed by atoms with van der Waals surface area (Å²) in [7, 11) is 3.38. The third kappa shape index (κ3) is 5.16. The lowest BCUT2D eigenvalue weighted by Gasteiger charge is -2.09. The Morgan fingerprint density at radius 1 is 1.31 bits per heavy atom. The van der Waals surface area contributed by atoms with Crippen molar-refractivity contribution >= 4 is 28.3 Å². The first-order chi connectivity index (χ1) is 7.27. The van der Waals surface area contributed by atoms with Gasteiger partial charge in [0.1, 0.15) is 5.75 Å². The van der Waals surface area contributed by atoms with E-state index in [4.69, 9.17) is 9.47 Å². The molecule has 0 atom stereocenters. The zero-order valence-electron chi connectivity index (χ0n) is 9.46. The normalized spacial score (nSPS) is 9.69. The number of rotatable bonds is 6. The molecule has 0 spiro atoms. The Labute approximate surface area is 111 Å². The molecule has 0 aliphatic rings. The number of halogens is 2. The summed E-state index contributed by atoms with van der Waals surface area (Å²) in [5, 5.41) is 3.28. The number of nitrogens with one attached hydrogen (secondary N) is 1. The monoisotopic (exact) mass is 309 g/mol. The molecule has 0 aliphatic heterocycles. The van der Waals surface area contributed by atoms with Crippen molar-refractivity contribution in [1.82, 2.24) is 5.32 Å². The maximum Gasteiger partial charge on any atom is 0.123 e. The van der Waals surface area contributed by atoms with Gasteiger partial charge < -0.3 is 14.8 Å². The minimum atomic E-state index is 0. The molecular weight excluding hydrogens is 293 g/mol. The predicted molar refractivity (Wildman–Crippen MR) is 71.5 cm³/mol. The summed E-state index contributed by atoms with van der Waals surface area (Å²) in [6.07, 6.45) is 0. The fourth-order valence-corrected chi connectivity index (χ4v) is 1.69. The molecule has 1 rings (SSSR count). The molecule has 16 heavy (non-hydrogen) atoms. The van der Waals surface area contributed by atoms with E-state index < -0.39 is 0 Å². The minimum absolute atomic E-state index is 0. The molecule has 1 N–H and O–H groups in total. The van der Waals surface area contributed by atoms with Crippen molar-refractivity contribution in [2.24, 2.45) is 0 Å². The number of hydrogen-bond acceptors (Lipinski definition) is 3. The first-order valence-corrected chi connectivity index (χ1v) is 5.59. The van der Waals surface area contributed by atoms with Crippen molar-refractivity contribution in [3.63, 3.8) is 0 Å². The average molecular weight is 311 g/mol. The van der Waals surface area contributed by atoms with Gasteiger partial charge in [0.25, 0.3) is 0 Å². The quantitative estimate of drug-likeness (QED) is 0.819. The summed E-state index contributed by atoms with van der Waals surface area (Å²) >= 11 is 3.44. The SMILES string of the molecule is COCCNCc1cc(Br)ccc1OC.Cl. The van der Waals surface area contributed by atoms with Gasteiger partial charge in [-0.2, -0.15) is 0 Å². The molecule has 1 aromatic rings. The predicted octanol–water partition coefficient (Wildman–Crippen LogP) is 2.62. The van der Waals surface area contributed by atoms with Gasteiger partial charge in [-0.25, -0.2) is 0 Å². The van der Waals surface area contributed by atoms with E-state index in [2.05, 4.69) is 27.3 Å². The fraction of sp³-hybridized carbons (Fsp3) is 0.455. The molecule has 0 amide bonds. The number of hydrogen-bond donors (Lipinski definition) is 1. The molecule has 0 bridgehead atoms. The standard InChI is InChI=1S/C11H16BrNO2.ClH/c1-14-6-5-13-8-9-7-10(12)3-4-11(9)15-2;/h3-4,7,13H,5-6,8H2,1-2H3;1H. The van der Waals surface area contributed by atoms with Gasteiger partial charge in [0.2, 0.25) is 0 Å². The molecule has 0 fully saturated rings. The van der Waals surface area contributed by atoms with Gasteiger partial charge in [-0.3, -0.25) is 0 Å². The van der Waals surface area contributed by atoms with Gasteiger partial charge in [-0.15, -0.1) is 12.4 Å². The van der Waals surface area contributed by atoms with Crippen LogP contribution in [0.15, 0.2) is 22.7 Å². The van der Waals surface area contributed by atoms with Crippen LogP contribution >= 0.6 is 28.3 Å². The largest absolute Gasteiger partial charge is 0.496 e. The van der Waals surface area contributed by atoms with Crippen LogP contribution in [-0.2, 0) is 11.3 Å². The van der Waals surface area contributed by atoms with E-state index in [0.717, 1.165) is 35.5 Å². The van der Waals surface area contributed by atoms with Crippen LogP contribution in [0.3, 0.4) is 0 Å². The van der Waals surface area contributed by atoms with Crippen LogP contribution in [0.4, 0.5) is 0 Å². The zero-order chi connectivity index (χ0) is 11.1. The second-order valence-corrected chi connectivity index (χ2v) is 4.04. The molecule has 0 unspecified atom stereocenters. The van der Waals surface area contributed by atoms with E-state index in [1.807, 2.05) is 12.1 Å². The molecule has 0 aliphatic carbocycles. The van der Waals surface area contributed by atoms with Crippen molar-refractivity contribution in [2.75, 3.05) is 27.4 Å². The van der Waals surface area contributed by atoms with Crippen LogP contribution in [0.5, 0.6) is 5.75 Å². The topological polar surface area (TPSA) is 30.5 Å². The lowest BCUT2D eigenvalue weighted by Crippen LogP contribution is -2.18. The van der Waals surface area contributed by atoms with Gasteiger partial charge in [-0.05, 0) is 18.2 Å². The maximum atomic E-state index is 5.27. The van der Waals surface area contributed by atoms with E-state index in [-0.39, 0.29) is 12.4 Å². The molecule has 92 valence electrons. The summed E-state index contributed by atoms with van der Waals surface area (Å²) in [6, 6.07) is 5.98. The molecule has 0 saturated carbocycles. The van der Waals surface area contributed by atoms with Gasteiger partial charge in [0.05, 0.1) is 13.7 Å². The van der Waals surface area contributed by atoms with E-state index in [0.29, 0.717) is 0 Å². The third-order valence-electron chi connectivity index (χ3n) is 2.04. The van der Waals surface area contributed by atoms with Crippen molar-refractivity contribution in [3.05, 3.63) is 28.2 Å². The van der Waals surface area contributed by atoms with Crippen LogP contribution in [0, 0.1) is 0 Å². The van der Waals surface area contributed by atoms with Crippen LogP contribution in [0.25, 0.3) is 0 Å². The van der Waals surface area contributed by atoms with Gasteiger partial charge in [0, 0.05) is 30.2 Å². The second-order valence-electron chi connectivity index (χ2n) is 3.13. The lowest BCUT2D eigenvalue weighted by atomic mass is 10.2. The first kappa shape index (κ1) is 15.7. The number of methoxy groups -OCH3 is 2. The summed E-state index contributed by atoms with van der Waals surface area (Å²) in [5.74, 6) is 0.906. The highest BCUT2D eigenvalue weighted by molar-refractivity contribution is 9.10. The molecule has 0 aromatic heterocycles. The van der Waals surface area contributed by atoms with Gasteiger partial charge in [0.15, 0.2) is 0 Å². The smallest absolute Gasteiger partial charge is 0.123 e. The summed E-state index contributed by atoms with van der Waals surface area (Å²) in [4.78, 5) is 0. The van der Waals surface area contributed by atoms with Crippen LogP contribution < -0.4 is 10.1 Å². The maximum absolute atomic E-state index is 5.27. The Balaban J connectivity index is 0.00000225. The first-order valence-electron chi connectivity index (χ1n) is 4.80. The Morgan fingerprint density at radius 2 is 2.06 bits per heavy atom. The van der Waals surface area contributed by atoms with E-state index in [1.165, 1.54) is 0 Å². The Kier molecular flexibility index (Phi) is 8.66. The van der Waals surface area contributed by atoms with Gasteiger partial charge in [-0.1, -0.05) is 15.9 Å². The fourth-order valence-electron chi connectivity index (χ4n) is 1.28. The van der Waals surface area contributed by atoms with E-state index in [9.17, 15) is 0 Å². The minimum Gasteiger partial charge on any atom is -0.496 e. The summed E-state index contributed by atoms with van der Waals surface area (Å²) in [6.45, 7) is 2.34. The highest BCUT2D eigenvalue weighted by atomic mass is 79.9. The molecule has 0 heterocycles. The molecule has 1 aromatic carbocycles. The summed E-state index contributed by atoms with van der Waals surface area (Å²) in [5.41, 5.74) is 1.14. The Bertz CT molecular complexity index is 310. The van der Waals surface area contributed by atoms with Crippen LogP contribution in [-0.4, -0.2) is 27.4 Å². The molecule has 3 nitrogen and oxygen atoms in total. The molecule has 5 heteroatoms. The van der Waals surface area contributed by atoms with Crippen molar-refractivity contribution in [1.29, 1.82) is 0 Å². The number of ether oxygens (including phenoxy) is 2. The van der Waals surface area contributed by atoms with E-state index >= 15 is 0 Å². The summed E-state index contributed by atoms with van der Waals surface area (Å²) < 4.78 is 11.3. The lowest BCUT2D eigenvalue weighted by molar-refractivity contribution is 0.199. The van der Waals surface area contributed by atoms with Gasteiger partial charge >= 0.3 is 0 Å². The average Bonchev–Trinajstić information content (AvgIpc) is 2.25. The molecule has 0 saturated heterocycles. The van der Waals surface area contributed by atoms with Crippen molar-refractivity contribution < 1.29 is 9.47 Å². The van der Waals surface area contributed by atoms with Crippen LogP contribution in [0.1, 0.15) is 5.56 Å². The van der Waals surface area contributed by atoms with Crippen molar-refractivity contribution in [2.45, 2.75) is 6.54 Å².